The standard InChI is InChI=1S/C15H7Br2F8S/c16-8-5-9(17)7-12(6-8,10-3-1-2-4-11(10)18)26-15(24,25)13(19,20)14(21,22)23/h1-7H. The normalized spacial score (nSPS) is 18.4. The molecule has 0 nitrogen and oxygen atoms in total. The number of alkyl halides is 7. The van der Waals surface area contributed by atoms with Crippen LogP contribution in [-0.4, -0.2) is 17.4 Å². The summed E-state index contributed by atoms with van der Waals surface area (Å²) in [6, 6.07) is 4.40. The van der Waals surface area contributed by atoms with Gasteiger partial charge >= 0.3 is 17.4 Å². The van der Waals surface area contributed by atoms with Gasteiger partial charge in [0.1, 0.15) is 5.82 Å². The summed E-state index contributed by atoms with van der Waals surface area (Å²) < 4.78 is 104. The van der Waals surface area contributed by atoms with Crippen molar-refractivity contribution in [3.05, 3.63) is 63.2 Å². The van der Waals surface area contributed by atoms with E-state index in [2.05, 4.69) is 31.9 Å². The molecular formula is C15H7Br2F8S. The molecule has 2 rings (SSSR count). The van der Waals surface area contributed by atoms with Crippen molar-refractivity contribution in [1.82, 2.24) is 0 Å². The number of hydrogen-bond acceptors (Lipinski definition) is 1. The molecule has 1 aromatic rings. The van der Waals surface area contributed by atoms with Crippen LogP contribution in [0.1, 0.15) is 5.56 Å². The number of rotatable bonds is 4. The van der Waals surface area contributed by atoms with E-state index in [1.165, 1.54) is 18.6 Å². The lowest BCUT2D eigenvalue weighted by Gasteiger charge is -2.37. The molecule has 1 aliphatic carbocycles. The van der Waals surface area contributed by atoms with Gasteiger partial charge in [-0.15, -0.1) is 0 Å². The van der Waals surface area contributed by atoms with Crippen molar-refractivity contribution in [1.29, 1.82) is 0 Å². The van der Waals surface area contributed by atoms with Gasteiger partial charge in [0.25, 0.3) is 0 Å². The lowest BCUT2D eigenvalue weighted by atomic mass is 9.93. The first-order valence-electron chi connectivity index (χ1n) is 6.61. The van der Waals surface area contributed by atoms with Crippen molar-refractivity contribution < 1.29 is 35.1 Å². The molecule has 0 amide bonds. The molecule has 11 heteroatoms. The van der Waals surface area contributed by atoms with E-state index in [4.69, 9.17) is 0 Å². The highest BCUT2D eigenvalue weighted by Gasteiger charge is 2.74. The molecule has 26 heavy (non-hydrogen) atoms. The molecule has 0 unspecified atom stereocenters. The number of thioether (sulfide) groups is 1. The van der Waals surface area contributed by atoms with Gasteiger partial charge in [0.15, 0.2) is 0 Å². The van der Waals surface area contributed by atoms with Crippen LogP contribution in [0.25, 0.3) is 0 Å². The third-order valence-corrected chi connectivity index (χ3v) is 5.52. The molecule has 0 N–H and O–H groups in total. The van der Waals surface area contributed by atoms with E-state index in [9.17, 15) is 35.1 Å². The maximum atomic E-state index is 14.2. The molecule has 0 saturated heterocycles. The highest BCUT2D eigenvalue weighted by Crippen LogP contribution is 2.60. The van der Waals surface area contributed by atoms with Gasteiger partial charge in [-0.1, -0.05) is 61.8 Å². The number of allylic oxidation sites excluding steroid dienone is 2. The SMILES string of the molecule is Fc1ccccc1C1(SC(F)(F)C(F)(F)C(F)(F)F)C=C(Br)[CH]C(Br)=C1. The van der Waals surface area contributed by atoms with Gasteiger partial charge in [-0.05, 0) is 18.2 Å². The fourth-order valence-corrected chi connectivity index (χ4v) is 5.30. The van der Waals surface area contributed by atoms with Crippen molar-refractivity contribution >= 4 is 43.6 Å². The molecule has 1 radical (unpaired) electrons. The van der Waals surface area contributed by atoms with Gasteiger partial charge in [0, 0.05) is 20.9 Å². The molecule has 1 aromatic carbocycles. The van der Waals surface area contributed by atoms with Crippen molar-refractivity contribution in [2.45, 2.75) is 22.1 Å². The number of hydrogen-bond donors (Lipinski definition) is 0. The van der Waals surface area contributed by atoms with Crippen LogP contribution in [0.4, 0.5) is 35.1 Å². The monoisotopic (exact) mass is 529 g/mol. The third-order valence-electron chi connectivity index (χ3n) is 3.29. The van der Waals surface area contributed by atoms with Crippen molar-refractivity contribution in [3.63, 3.8) is 0 Å². The van der Waals surface area contributed by atoms with Crippen LogP contribution in [-0.2, 0) is 4.75 Å². The van der Waals surface area contributed by atoms with Gasteiger partial charge < -0.3 is 0 Å². The quantitative estimate of drug-likeness (QED) is 0.367. The zero-order valence-electron chi connectivity index (χ0n) is 12.2. The molecule has 143 valence electrons. The minimum atomic E-state index is -6.48. The van der Waals surface area contributed by atoms with Crippen molar-refractivity contribution in [3.8, 4) is 0 Å². The first-order chi connectivity index (χ1) is 11.7. The maximum Gasteiger partial charge on any atom is 0.460 e. The van der Waals surface area contributed by atoms with Crippen molar-refractivity contribution in [2.75, 3.05) is 0 Å². The Morgan fingerprint density at radius 2 is 1.35 bits per heavy atom. The van der Waals surface area contributed by atoms with Gasteiger partial charge in [-0.3, -0.25) is 0 Å². The lowest BCUT2D eigenvalue weighted by molar-refractivity contribution is -0.330. The van der Waals surface area contributed by atoms with E-state index >= 15 is 0 Å². The van der Waals surface area contributed by atoms with E-state index in [0.717, 1.165) is 24.3 Å². The Bertz CT molecular complexity index is 736. The second-order valence-electron chi connectivity index (χ2n) is 5.17. The first-order valence-corrected chi connectivity index (χ1v) is 9.01. The minimum Gasteiger partial charge on any atom is -0.207 e. The average molecular weight is 531 g/mol. The summed E-state index contributed by atoms with van der Waals surface area (Å²) in [4.78, 5) is 0. The first kappa shape index (κ1) is 21.7. The highest BCUT2D eigenvalue weighted by atomic mass is 79.9. The topological polar surface area (TPSA) is 0 Å². The van der Waals surface area contributed by atoms with E-state index < -0.39 is 45.2 Å². The summed E-state index contributed by atoms with van der Waals surface area (Å²) in [5.74, 6) is -7.37. The Labute approximate surface area is 164 Å². The third kappa shape index (κ3) is 3.99. The number of halogens is 10. The van der Waals surface area contributed by atoms with E-state index in [1.807, 2.05) is 0 Å². The molecule has 0 aliphatic heterocycles. The summed E-state index contributed by atoms with van der Waals surface area (Å²) >= 11 is 4.94. The molecule has 0 spiro atoms. The van der Waals surface area contributed by atoms with Crippen molar-refractivity contribution in [2.24, 2.45) is 0 Å². The minimum absolute atomic E-state index is 0.0914. The zero-order valence-corrected chi connectivity index (χ0v) is 16.2. The second-order valence-corrected chi connectivity index (χ2v) is 8.39. The summed E-state index contributed by atoms with van der Waals surface area (Å²) in [5, 5.41) is -5.58. The molecule has 0 heterocycles. The number of benzene rings is 1. The van der Waals surface area contributed by atoms with Crippen LogP contribution in [0.15, 0.2) is 45.4 Å². The Morgan fingerprint density at radius 3 is 1.81 bits per heavy atom. The van der Waals surface area contributed by atoms with E-state index in [1.54, 1.807) is 0 Å². The van der Waals surface area contributed by atoms with E-state index in [-0.39, 0.29) is 8.96 Å². The van der Waals surface area contributed by atoms with Crippen LogP contribution in [0.2, 0.25) is 0 Å². The van der Waals surface area contributed by atoms with Gasteiger partial charge in [0.2, 0.25) is 0 Å². The summed E-state index contributed by atoms with van der Waals surface area (Å²) in [5.41, 5.74) is -0.496. The van der Waals surface area contributed by atoms with Crippen LogP contribution in [0, 0.1) is 12.2 Å². The van der Waals surface area contributed by atoms with Crippen LogP contribution in [0.5, 0.6) is 0 Å². The molecular weight excluding hydrogens is 524 g/mol. The predicted molar refractivity (Wildman–Crippen MR) is 89.9 cm³/mol. The maximum absolute atomic E-state index is 14.2. The molecule has 0 fully saturated rings. The van der Waals surface area contributed by atoms with Gasteiger partial charge in [0.05, 0.1) is 4.75 Å². The molecule has 0 atom stereocenters. The van der Waals surface area contributed by atoms with Crippen LogP contribution >= 0.6 is 43.6 Å². The Hall–Kier alpha value is -0.550. The zero-order chi connectivity index (χ0) is 20.0. The molecule has 0 saturated carbocycles. The summed E-state index contributed by atoms with van der Waals surface area (Å²) in [6.07, 6.45) is -3.27. The fourth-order valence-electron chi connectivity index (χ4n) is 2.16. The Morgan fingerprint density at radius 1 is 0.846 bits per heavy atom. The summed E-state index contributed by atoms with van der Waals surface area (Å²) in [6.45, 7) is 0. The molecule has 0 aromatic heterocycles. The predicted octanol–water partition coefficient (Wildman–Crippen LogP) is 7.32. The fraction of sp³-hybridized carbons (Fsp3) is 0.267. The highest BCUT2D eigenvalue weighted by molar-refractivity contribution is 9.12. The summed E-state index contributed by atoms with van der Waals surface area (Å²) in [7, 11) is 0. The second kappa shape index (κ2) is 7.12. The Kier molecular flexibility index (Phi) is 5.96. The average Bonchev–Trinajstić information content (AvgIpc) is 2.44. The lowest BCUT2D eigenvalue weighted by Crippen LogP contribution is -2.51. The van der Waals surface area contributed by atoms with Crippen LogP contribution in [0.3, 0.4) is 0 Å². The van der Waals surface area contributed by atoms with Gasteiger partial charge in [-0.25, -0.2) is 4.39 Å². The van der Waals surface area contributed by atoms with E-state index in [0.29, 0.717) is 0 Å². The molecule has 0 bridgehead atoms. The smallest absolute Gasteiger partial charge is 0.207 e. The van der Waals surface area contributed by atoms with Crippen LogP contribution < -0.4 is 0 Å². The Balaban J connectivity index is 2.65. The largest absolute Gasteiger partial charge is 0.460 e. The van der Waals surface area contributed by atoms with Gasteiger partial charge in [-0.2, -0.15) is 30.7 Å². The molecule has 1 aliphatic rings.